The molecule has 1 atom stereocenters. The zero-order valence-electron chi connectivity index (χ0n) is 11.3. The van der Waals surface area contributed by atoms with E-state index in [0.717, 1.165) is 36.3 Å². The Labute approximate surface area is 133 Å². The average molecular weight is 380 g/mol. The summed E-state index contributed by atoms with van der Waals surface area (Å²) in [6, 6.07) is 10.3. The molecule has 0 saturated carbocycles. The molecule has 0 saturated heterocycles. The van der Waals surface area contributed by atoms with Gasteiger partial charge in [0.1, 0.15) is 11.5 Å². The van der Waals surface area contributed by atoms with E-state index in [0.29, 0.717) is 6.61 Å². The van der Waals surface area contributed by atoms with E-state index in [2.05, 4.69) is 41.3 Å². The molecule has 0 bridgehead atoms. The predicted octanol–water partition coefficient (Wildman–Crippen LogP) is 5.13. The number of halogens is 1. The fraction of sp³-hybridized carbons (Fsp3) is 0.294. The molecule has 0 fully saturated rings. The lowest BCUT2D eigenvalue weighted by Crippen LogP contribution is -2.12. The van der Waals surface area contributed by atoms with Gasteiger partial charge in [-0.3, -0.25) is 0 Å². The molecule has 0 spiro atoms. The minimum absolute atomic E-state index is 0.143. The van der Waals surface area contributed by atoms with Gasteiger partial charge < -0.3 is 9.15 Å². The third kappa shape index (κ3) is 2.56. The first kappa shape index (κ1) is 13.9. The highest BCUT2D eigenvalue weighted by Crippen LogP contribution is 2.42. The van der Waals surface area contributed by atoms with Crippen molar-refractivity contribution in [2.45, 2.75) is 25.4 Å². The van der Waals surface area contributed by atoms with Crippen molar-refractivity contribution in [3.8, 4) is 11.3 Å². The summed E-state index contributed by atoms with van der Waals surface area (Å²) in [5.74, 6) is 2.07. The van der Waals surface area contributed by atoms with Crippen molar-refractivity contribution < 1.29 is 9.15 Å². The van der Waals surface area contributed by atoms with Crippen LogP contribution < -0.4 is 0 Å². The fourth-order valence-corrected chi connectivity index (χ4v) is 3.76. The Morgan fingerprint density at radius 1 is 1.35 bits per heavy atom. The topological polar surface area (TPSA) is 22.4 Å². The SMILES string of the molecule is C=CCOC1CCCc2oc(-c3ccccc3)c(I)c21. The number of hydrogen-bond acceptors (Lipinski definition) is 2. The molecule has 1 aliphatic rings. The van der Waals surface area contributed by atoms with Gasteiger partial charge in [0, 0.05) is 17.5 Å². The lowest BCUT2D eigenvalue weighted by molar-refractivity contribution is 0.0586. The number of aryl methyl sites for hydroxylation is 1. The van der Waals surface area contributed by atoms with Crippen molar-refractivity contribution in [2.75, 3.05) is 6.61 Å². The monoisotopic (exact) mass is 380 g/mol. The van der Waals surface area contributed by atoms with E-state index in [-0.39, 0.29) is 6.10 Å². The minimum Gasteiger partial charge on any atom is -0.460 e. The van der Waals surface area contributed by atoms with Crippen LogP contribution in [0.1, 0.15) is 30.3 Å². The summed E-state index contributed by atoms with van der Waals surface area (Å²) in [5.41, 5.74) is 2.38. The van der Waals surface area contributed by atoms with Crippen molar-refractivity contribution in [2.24, 2.45) is 0 Å². The van der Waals surface area contributed by atoms with Crippen LogP contribution in [0.4, 0.5) is 0 Å². The van der Waals surface area contributed by atoms with Gasteiger partial charge in [-0.2, -0.15) is 0 Å². The van der Waals surface area contributed by atoms with Crippen molar-refractivity contribution in [3.05, 3.63) is 57.9 Å². The van der Waals surface area contributed by atoms with Crippen LogP contribution >= 0.6 is 22.6 Å². The molecule has 1 unspecified atom stereocenters. The van der Waals surface area contributed by atoms with Crippen LogP contribution in [0, 0.1) is 3.57 Å². The standard InChI is InChI=1S/C17H17IO2/c1-2-11-19-13-9-6-10-14-15(13)16(18)17(20-14)12-7-4-3-5-8-12/h2-5,7-8,13H,1,6,9-11H2. The Kier molecular flexibility index (Phi) is 4.27. The predicted molar refractivity (Wildman–Crippen MR) is 88.7 cm³/mol. The van der Waals surface area contributed by atoms with Gasteiger partial charge >= 0.3 is 0 Å². The quantitative estimate of drug-likeness (QED) is 0.542. The van der Waals surface area contributed by atoms with Crippen LogP contribution in [0.15, 0.2) is 47.4 Å². The van der Waals surface area contributed by atoms with Crippen LogP contribution in [-0.4, -0.2) is 6.61 Å². The molecule has 0 N–H and O–H groups in total. The van der Waals surface area contributed by atoms with Crippen LogP contribution in [0.25, 0.3) is 11.3 Å². The highest BCUT2D eigenvalue weighted by Gasteiger charge is 2.29. The molecule has 1 aliphatic carbocycles. The molecule has 20 heavy (non-hydrogen) atoms. The Hall–Kier alpha value is -1.07. The molecule has 0 aliphatic heterocycles. The summed E-state index contributed by atoms with van der Waals surface area (Å²) in [4.78, 5) is 0. The highest BCUT2D eigenvalue weighted by atomic mass is 127. The highest BCUT2D eigenvalue weighted by molar-refractivity contribution is 14.1. The lowest BCUT2D eigenvalue weighted by Gasteiger charge is -2.21. The van der Waals surface area contributed by atoms with Crippen LogP contribution in [0.5, 0.6) is 0 Å². The van der Waals surface area contributed by atoms with Crippen molar-refractivity contribution in [1.29, 1.82) is 0 Å². The second kappa shape index (κ2) is 6.14. The largest absolute Gasteiger partial charge is 0.460 e. The summed E-state index contributed by atoms with van der Waals surface area (Å²) in [6.45, 7) is 4.32. The Morgan fingerprint density at radius 2 is 2.15 bits per heavy atom. The van der Waals surface area contributed by atoms with Crippen LogP contribution in [0.3, 0.4) is 0 Å². The second-order valence-corrected chi connectivity index (χ2v) is 6.03. The Balaban J connectivity index is 2.00. The molecule has 0 radical (unpaired) electrons. The van der Waals surface area contributed by atoms with E-state index in [1.54, 1.807) is 6.08 Å². The molecular weight excluding hydrogens is 363 g/mol. The Morgan fingerprint density at radius 3 is 2.90 bits per heavy atom. The summed E-state index contributed by atoms with van der Waals surface area (Å²) in [7, 11) is 0. The van der Waals surface area contributed by atoms with E-state index >= 15 is 0 Å². The third-order valence-electron chi connectivity index (χ3n) is 3.60. The molecule has 104 valence electrons. The van der Waals surface area contributed by atoms with Gasteiger partial charge in [-0.15, -0.1) is 6.58 Å². The van der Waals surface area contributed by atoms with Gasteiger partial charge in [0.2, 0.25) is 0 Å². The molecule has 1 aromatic carbocycles. The van der Waals surface area contributed by atoms with E-state index in [1.165, 1.54) is 9.13 Å². The van der Waals surface area contributed by atoms with E-state index in [9.17, 15) is 0 Å². The van der Waals surface area contributed by atoms with Gasteiger partial charge in [0.05, 0.1) is 16.3 Å². The second-order valence-electron chi connectivity index (χ2n) is 4.95. The maximum absolute atomic E-state index is 6.12. The van der Waals surface area contributed by atoms with E-state index in [1.807, 2.05) is 18.2 Å². The van der Waals surface area contributed by atoms with Gasteiger partial charge in [-0.1, -0.05) is 36.4 Å². The van der Waals surface area contributed by atoms with Gasteiger partial charge in [0.25, 0.3) is 0 Å². The van der Waals surface area contributed by atoms with Gasteiger partial charge in [-0.05, 0) is 35.4 Å². The van der Waals surface area contributed by atoms with Gasteiger partial charge in [0.15, 0.2) is 0 Å². The lowest BCUT2D eigenvalue weighted by atomic mass is 9.95. The maximum atomic E-state index is 6.12. The van der Waals surface area contributed by atoms with E-state index < -0.39 is 0 Å². The molecule has 1 heterocycles. The summed E-state index contributed by atoms with van der Waals surface area (Å²) >= 11 is 2.39. The first-order valence-electron chi connectivity index (χ1n) is 6.90. The van der Waals surface area contributed by atoms with Crippen molar-refractivity contribution in [1.82, 2.24) is 0 Å². The summed E-state index contributed by atoms with van der Waals surface area (Å²) in [5, 5.41) is 0. The first-order valence-corrected chi connectivity index (χ1v) is 7.98. The molecule has 2 aromatic rings. The number of fused-ring (bicyclic) bond motifs is 1. The van der Waals surface area contributed by atoms with Crippen molar-refractivity contribution >= 4 is 22.6 Å². The number of rotatable bonds is 4. The van der Waals surface area contributed by atoms with Crippen LogP contribution in [0.2, 0.25) is 0 Å². The summed E-state index contributed by atoms with van der Waals surface area (Å²) in [6.07, 6.45) is 5.13. The van der Waals surface area contributed by atoms with Gasteiger partial charge in [-0.25, -0.2) is 0 Å². The molecule has 3 rings (SSSR count). The minimum atomic E-state index is 0.143. The first-order chi connectivity index (χ1) is 9.81. The number of benzene rings is 1. The molecular formula is C17H17IO2. The summed E-state index contributed by atoms with van der Waals surface area (Å²) < 4.78 is 13.2. The normalized spacial score (nSPS) is 17.8. The number of furan rings is 1. The van der Waals surface area contributed by atoms with E-state index in [4.69, 9.17) is 9.15 Å². The average Bonchev–Trinajstić information content (AvgIpc) is 2.84. The van der Waals surface area contributed by atoms with Crippen LogP contribution in [-0.2, 0) is 11.2 Å². The molecule has 2 nitrogen and oxygen atoms in total. The van der Waals surface area contributed by atoms with Crippen molar-refractivity contribution in [3.63, 3.8) is 0 Å². The molecule has 1 aromatic heterocycles. The zero-order valence-corrected chi connectivity index (χ0v) is 13.4. The molecule has 3 heteroatoms. The maximum Gasteiger partial charge on any atom is 0.147 e. The smallest absolute Gasteiger partial charge is 0.147 e. The number of hydrogen-bond donors (Lipinski definition) is 0. The molecule has 0 amide bonds. The fourth-order valence-electron chi connectivity index (χ4n) is 2.69. The number of ether oxygens (including phenoxy) is 1. The zero-order chi connectivity index (χ0) is 13.9. The third-order valence-corrected chi connectivity index (χ3v) is 4.68. The Bertz CT molecular complexity index is 601.